The zero-order chi connectivity index (χ0) is 12.5. The summed E-state index contributed by atoms with van der Waals surface area (Å²) in [5, 5.41) is 5.01. The molecule has 0 heterocycles. The van der Waals surface area contributed by atoms with Crippen molar-refractivity contribution in [3.8, 4) is 0 Å². The van der Waals surface area contributed by atoms with E-state index < -0.39 is 6.03 Å². The maximum Gasteiger partial charge on any atom is 0.325 e. The van der Waals surface area contributed by atoms with E-state index >= 15 is 0 Å². The van der Waals surface area contributed by atoms with Crippen LogP contribution in [-0.2, 0) is 30.5 Å². The molecule has 4 nitrogen and oxygen atoms in total. The third kappa shape index (κ3) is 1.78. The van der Waals surface area contributed by atoms with E-state index in [9.17, 15) is 9.59 Å². The van der Waals surface area contributed by atoms with Crippen molar-refractivity contribution in [3.05, 3.63) is 28.3 Å². The molecule has 0 bridgehead atoms. The van der Waals surface area contributed by atoms with Gasteiger partial charge in [-0.25, -0.2) is 4.79 Å². The van der Waals surface area contributed by atoms with Crippen LogP contribution in [0.2, 0.25) is 0 Å². The molecule has 0 unspecified atom stereocenters. The predicted octanol–water partition coefficient (Wildman–Crippen LogP) is 1.94. The van der Waals surface area contributed by atoms with Crippen LogP contribution < -0.4 is 10.6 Å². The summed E-state index contributed by atoms with van der Waals surface area (Å²) in [7, 11) is 0. The molecule has 1 aromatic carbocycles. The van der Waals surface area contributed by atoms with Crippen molar-refractivity contribution in [1.29, 1.82) is 0 Å². The average Bonchev–Trinajstić information content (AvgIpc) is 2.96. The second kappa shape index (κ2) is 4.44. The van der Waals surface area contributed by atoms with Crippen LogP contribution in [0.25, 0.3) is 0 Å². The Bertz CT molecular complexity index is 491. The van der Waals surface area contributed by atoms with Crippen molar-refractivity contribution < 1.29 is 9.59 Å². The van der Waals surface area contributed by atoms with Gasteiger partial charge in [-0.3, -0.25) is 10.1 Å². The van der Waals surface area contributed by atoms with Crippen LogP contribution in [0.5, 0.6) is 0 Å². The molecule has 0 spiro atoms. The number of urea groups is 1. The fraction of sp³-hybridized carbons (Fsp3) is 0.429. The molecule has 94 valence electrons. The Morgan fingerprint density at radius 3 is 2.22 bits per heavy atom. The topological polar surface area (TPSA) is 58.2 Å². The first-order valence-electron chi connectivity index (χ1n) is 6.47. The number of carbonyl (C=O) groups excluding carboxylic acids is 2. The highest BCUT2D eigenvalue weighted by Gasteiger charge is 2.24. The van der Waals surface area contributed by atoms with E-state index in [4.69, 9.17) is 0 Å². The molecule has 2 aliphatic carbocycles. The summed E-state index contributed by atoms with van der Waals surface area (Å²) in [4.78, 5) is 21.9. The van der Waals surface area contributed by atoms with Crippen molar-refractivity contribution >= 4 is 18.1 Å². The van der Waals surface area contributed by atoms with Gasteiger partial charge in [-0.05, 0) is 60.8 Å². The standard InChI is InChI=1S/C14H16N2O2/c17-8-15-14(18)16-13-11-5-1-3-9(11)7-10-4-2-6-12(10)13/h7-8H,1-6H2,(H2,15,16,17,18). The fourth-order valence-corrected chi connectivity index (χ4v) is 3.17. The van der Waals surface area contributed by atoms with Crippen LogP contribution in [0, 0.1) is 0 Å². The lowest BCUT2D eigenvalue weighted by Gasteiger charge is -2.15. The molecule has 2 N–H and O–H groups in total. The Morgan fingerprint density at radius 2 is 1.67 bits per heavy atom. The highest BCUT2D eigenvalue weighted by atomic mass is 16.2. The number of fused-ring (bicyclic) bond motifs is 2. The molecule has 2 aliphatic rings. The van der Waals surface area contributed by atoms with E-state index in [1.54, 1.807) is 0 Å². The summed E-state index contributed by atoms with van der Waals surface area (Å²) in [6.07, 6.45) is 6.99. The van der Waals surface area contributed by atoms with E-state index in [1.807, 2.05) is 0 Å². The van der Waals surface area contributed by atoms with E-state index in [2.05, 4.69) is 16.7 Å². The van der Waals surface area contributed by atoms with Crippen molar-refractivity contribution in [3.63, 3.8) is 0 Å². The summed E-state index contributed by atoms with van der Waals surface area (Å²) in [5.74, 6) is 0. The average molecular weight is 244 g/mol. The Hall–Kier alpha value is -1.84. The monoisotopic (exact) mass is 244 g/mol. The van der Waals surface area contributed by atoms with E-state index in [1.165, 1.54) is 22.3 Å². The second-order valence-electron chi connectivity index (χ2n) is 4.95. The highest BCUT2D eigenvalue weighted by Crippen LogP contribution is 2.38. The number of amides is 3. The van der Waals surface area contributed by atoms with Gasteiger partial charge >= 0.3 is 6.03 Å². The van der Waals surface area contributed by atoms with Gasteiger partial charge in [0.05, 0.1) is 0 Å². The van der Waals surface area contributed by atoms with E-state index in [-0.39, 0.29) is 0 Å². The van der Waals surface area contributed by atoms with Gasteiger partial charge < -0.3 is 5.32 Å². The Balaban J connectivity index is 2.01. The molecule has 0 saturated heterocycles. The van der Waals surface area contributed by atoms with Crippen LogP contribution in [0.1, 0.15) is 35.1 Å². The maximum absolute atomic E-state index is 11.6. The summed E-state index contributed by atoms with van der Waals surface area (Å²) in [6, 6.07) is 1.88. The first-order chi connectivity index (χ1) is 8.79. The molecular weight excluding hydrogens is 228 g/mol. The molecule has 3 amide bonds. The van der Waals surface area contributed by atoms with Gasteiger partial charge in [0.25, 0.3) is 0 Å². The van der Waals surface area contributed by atoms with Crippen LogP contribution >= 0.6 is 0 Å². The first-order valence-corrected chi connectivity index (χ1v) is 6.47. The number of hydrogen-bond acceptors (Lipinski definition) is 2. The second-order valence-corrected chi connectivity index (χ2v) is 4.95. The van der Waals surface area contributed by atoms with E-state index in [0.29, 0.717) is 6.41 Å². The molecule has 0 saturated carbocycles. The Kier molecular flexibility index (Phi) is 2.78. The minimum absolute atomic E-state index is 0.415. The van der Waals surface area contributed by atoms with Crippen LogP contribution in [0.4, 0.5) is 10.5 Å². The SMILES string of the molecule is O=CNC(=O)Nc1c2c(cc3c1CCC3)CCC2. The number of anilines is 1. The molecule has 0 aliphatic heterocycles. The van der Waals surface area contributed by atoms with Gasteiger partial charge in [0, 0.05) is 5.69 Å². The molecular formula is C14H16N2O2. The number of nitrogens with one attached hydrogen (secondary N) is 2. The summed E-state index contributed by atoms with van der Waals surface area (Å²) in [5.41, 5.74) is 6.26. The van der Waals surface area contributed by atoms with Crippen molar-refractivity contribution in [2.24, 2.45) is 0 Å². The normalized spacial score (nSPS) is 16.0. The minimum atomic E-state index is -0.431. The molecule has 1 aromatic rings. The van der Waals surface area contributed by atoms with Crippen LogP contribution in [-0.4, -0.2) is 12.4 Å². The summed E-state index contributed by atoms with van der Waals surface area (Å²) in [6.45, 7) is 0. The number of hydrogen-bond donors (Lipinski definition) is 2. The molecule has 0 aromatic heterocycles. The fourth-order valence-electron chi connectivity index (χ4n) is 3.17. The van der Waals surface area contributed by atoms with Gasteiger partial charge in [0.15, 0.2) is 0 Å². The van der Waals surface area contributed by atoms with Crippen LogP contribution in [0.15, 0.2) is 6.07 Å². The van der Waals surface area contributed by atoms with Crippen LogP contribution in [0.3, 0.4) is 0 Å². The number of benzene rings is 1. The number of imide groups is 1. The third-order valence-corrected chi connectivity index (χ3v) is 3.90. The lowest BCUT2D eigenvalue weighted by Crippen LogP contribution is -2.28. The number of aryl methyl sites for hydroxylation is 2. The summed E-state index contributed by atoms with van der Waals surface area (Å²) >= 11 is 0. The zero-order valence-electron chi connectivity index (χ0n) is 10.2. The third-order valence-electron chi connectivity index (χ3n) is 3.90. The quantitative estimate of drug-likeness (QED) is 0.781. The van der Waals surface area contributed by atoms with Crippen molar-refractivity contribution in [2.45, 2.75) is 38.5 Å². The molecule has 4 heteroatoms. The maximum atomic E-state index is 11.6. The molecule has 0 radical (unpaired) electrons. The zero-order valence-corrected chi connectivity index (χ0v) is 10.2. The Morgan fingerprint density at radius 1 is 1.06 bits per heavy atom. The van der Waals surface area contributed by atoms with Gasteiger partial charge in [-0.15, -0.1) is 0 Å². The lowest BCUT2D eigenvalue weighted by molar-refractivity contribution is -0.108. The lowest BCUT2D eigenvalue weighted by atomic mass is 9.99. The molecule has 3 rings (SSSR count). The molecule has 0 atom stereocenters. The van der Waals surface area contributed by atoms with E-state index in [0.717, 1.165) is 44.2 Å². The number of carbonyl (C=O) groups is 2. The highest BCUT2D eigenvalue weighted by molar-refractivity contribution is 5.97. The minimum Gasteiger partial charge on any atom is -0.307 e. The van der Waals surface area contributed by atoms with Gasteiger partial charge in [-0.1, -0.05) is 6.07 Å². The Labute approximate surface area is 106 Å². The van der Waals surface area contributed by atoms with Gasteiger partial charge in [0.1, 0.15) is 0 Å². The van der Waals surface area contributed by atoms with Gasteiger partial charge in [0.2, 0.25) is 6.41 Å². The van der Waals surface area contributed by atoms with Crippen molar-refractivity contribution in [1.82, 2.24) is 5.32 Å². The number of rotatable bonds is 2. The first kappa shape index (κ1) is 11.3. The predicted molar refractivity (Wildman–Crippen MR) is 68.7 cm³/mol. The molecule has 0 fully saturated rings. The smallest absolute Gasteiger partial charge is 0.307 e. The largest absolute Gasteiger partial charge is 0.325 e. The molecule has 18 heavy (non-hydrogen) atoms. The van der Waals surface area contributed by atoms with Gasteiger partial charge in [-0.2, -0.15) is 0 Å². The van der Waals surface area contributed by atoms with Crippen molar-refractivity contribution in [2.75, 3.05) is 5.32 Å². The summed E-state index contributed by atoms with van der Waals surface area (Å²) < 4.78 is 0.